The van der Waals surface area contributed by atoms with Gasteiger partial charge in [0.1, 0.15) is 0 Å². The number of carbonyl (C=O) groups excluding carboxylic acids is 2. The molecule has 0 bridgehead atoms. The van der Waals surface area contributed by atoms with Gasteiger partial charge in [-0.25, -0.2) is 0 Å². The average molecular weight is 399 g/mol. The topological polar surface area (TPSA) is 49.4 Å². The van der Waals surface area contributed by atoms with Crippen molar-refractivity contribution in [3.05, 3.63) is 64.7 Å². The van der Waals surface area contributed by atoms with Gasteiger partial charge >= 0.3 is 0 Å². The van der Waals surface area contributed by atoms with E-state index in [4.69, 9.17) is 11.6 Å². The summed E-state index contributed by atoms with van der Waals surface area (Å²) in [5.41, 5.74) is 2.77. The first-order chi connectivity index (χ1) is 13.5. The molecule has 0 atom stereocenters. The first-order valence-electron chi connectivity index (χ1n) is 9.80. The molecule has 1 fully saturated rings. The third kappa shape index (κ3) is 4.93. The number of hydrogen-bond acceptors (Lipinski definition) is 2. The summed E-state index contributed by atoms with van der Waals surface area (Å²) in [7, 11) is 1.86. The molecule has 28 heavy (non-hydrogen) atoms. The van der Waals surface area contributed by atoms with Crippen LogP contribution in [0.15, 0.2) is 48.5 Å². The Labute approximate surface area is 171 Å². The fraction of sp³-hybridized carbons (Fsp3) is 0.391. The molecule has 0 unspecified atom stereocenters. The zero-order valence-electron chi connectivity index (χ0n) is 16.5. The molecular weight excluding hydrogens is 372 g/mol. The van der Waals surface area contributed by atoms with Gasteiger partial charge in [-0.1, -0.05) is 48.0 Å². The van der Waals surface area contributed by atoms with Crippen molar-refractivity contribution in [2.24, 2.45) is 11.8 Å². The van der Waals surface area contributed by atoms with E-state index in [9.17, 15) is 9.59 Å². The summed E-state index contributed by atoms with van der Waals surface area (Å²) in [6, 6.07) is 15.5. The van der Waals surface area contributed by atoms with Crippen LogP contribution in [-0.4, -0.2) is 23.8 Å². The summed E-state index contributed by atoms with van der Waals surface area (Å²) in [5.74, 6) is 0.148. The Kier molecular flexibility index (Phi) is 6.74. The molecule has 0 aliphatic heterocycles. The second kappa shape index (κ2) is 9.24. The first-order valence-corrected chi connectivity index (χ1v) is 10.2. The van der Waals surface area contributed by atoms with Crippen LogP contribution in [0, 0.1) is 18.8 Å². The zero-order valence-corrected chi connectivity index (χ0v) is 17.2. The van der Waals surface area contributed by atoms with Crippen LogP contribution in [-0.2, 0) is 16.1 Å². The molecule has 148 valence electrons. The van der Waals surface area contributed by atoms with Crippen LogP contribution in [0.4, 0.5) is 5.69 Å². The summed E-state index contributed by atoms with van der Waals surface area (Å²) in [6.45, 7) is 2.52. The van der Waals surface area contributed by atoms with Crippen LogP contribution >= 0.6 is 11.6 Å². The van der Waals surface area contributed by atoms with Gasteiger partial charge in [0.25, 0.3) is 0 Å². The number of hydrogen-bond donors (Lipinski definition) is 1. The molecule has 2 amide bonds. The Balaban J connectivity index is 1.51. The highest BCUT2D eigenvalue weighted by Crippen LogP contribution is 2.32. The maximum absolute atomic E-state index is 12.8. The van der Waals surface area contributed by atoms with E-state index in [0.29, 0.717) is 11.6 Å². The Morgan fingerprint density at radius 1 is 1.00 bits per heavy atom. The van der Waals surface area contributed by atoms with Crippen molar-refractivity contribution in [1.29, 1.82) is 0 Å². The number of halogens is 1. The molecule has 0 saturated heterocycles. The lowest BCUT2D eigenvalue weighted by Gasteiger charge is -2.30. The van der Waals surface area contributed by atoms with E-state index in [2.05, 4.69) is 5.32 Å². The molecule has 1 saturated carbocycles. The summed E-state index contributed by atoms with van der Waals surface area (Å²) in [4.78, 5) is 27.2. The van der Waals surface area contributed by atoms with Crippen LogP contribution in [0.25, 0.3) is 0 Å². The van der Waals surface area contributed by atoms with Crippen LogP contribution in [0.3, 0.4) is 0 Å². The molecule has 2 aromatic carbocycles. The van der Waals surface area contributed by atoms with Crippen LogP contribution in [0.5, 0.6) is 0 Å². The van der Waals surface area contributed by atoms with Gasteiger partial charge in [0.2, 0.25) is 11.8 Å². The molecule has 1 aliphatic rings. The number of nitrogens with one attached hydrogen (secondary N) is 1. The van der Waals surface area contributed by atoms with E-state index in [-0.39, 0.29) is 23.7 Å². The smallest absolute Gasteiger partial charge is 0.227 e. The van der Waals surface area contributed by atoms with Crippen molar-refractivity contribution < 1.29 is 9.59 Å². The quantitative estimate of drug-likeness (QED) is 0.765. The maximum Gasteiger partial charge on any atom is 0.227 e. The number of rotatable bonds is 5. The van der Waals surface area contributed by atoms with E-state index < -0.39 is 0 Å². The second-order valence-electron chi connectivity index (χ2n) is 7.63. The number of benzene rings is 2. The Morgan fingerprint density at radius 2 is 1.64 bits per heavy atom. The molecule has 0 spiro atoms. The van der Waals surface area contributed by atoms with Gasteiger partial charge in [-0.15, -0.1) is 0 Å². The average Bonchev–Trinajstić information content (AvgIpc) is 2.71. The Morgan fingerprint density at radius 3 is 2.32 bits per heavy atom. The van der Waals surface area contributed by atoms with E-state index in [1.807, 2.05) is 62.5 Å². The van der Waals surface area contributed by atoms with Crippen molar-refractivity contribution in [2.75, 3.05) is 12.4 Å². The normalized spacial score (nSPS) is 19.1. The van der Waals surface area contributed by atoms with Gasteiger partial charge in [-0.3, -0.25) is 9.59 Å². The summed E-state index contributed by atoms with van der Waals surface area (Å²) in [5, 5.41) is 3.65. The maximum atomic E-state index is 12.8. The Hall–Kier alpha value is -2.33. The van der Waals surface area contributed by atoms with Crippen molar-refractivity contribution >= 4 is 29.1 Å². The molecule has 0 radical (unpaired) electrons. The van der Waals surface area contributed by atoms with E-state index in [0.717, 1.165) is 42.5 Å². The van der Waals surface area contributed by atoms with Gasteiger partial charge in [-0.05, 0) is 55.9 Å². The molecule has 5 heteroatoms. The zero-order chi connectivity index (χ0) is 20.1. The van der Waals surface area contributed by atoms with Gasteiger partial charge in [-0.2, -0.15) is 0 Å². The van der Waals surface area contributed by atoms with E-state index in [1.165, 1.54) is 0 Å². The molecule has 1 aliphatic carbocycles. The van der Waals surface area contributed by atoms with Crippen LogP contribution in [0.2, 0.25) is 5.02 Å². The highest BCUT2D eigenvalue weighted by molar-refractivity contribution is 6.31. The van der Waals surface area contributed by atoms with Gasteiger partial charge in [0.05, 0.1) is 0 Å². The lowest BCUT2D eigenvalue weighted by Crippen LogP contribution is -2.36. The molecular formula is C23H27ClN2O2. The first kappa shape index (κ1) is 20.4. The van der Waals surface area contributed by atoms with Crippen LogP contribution < -0.4 is 5.32 Å². The Bertz CT molecular complexity index is 830. The number of amides is 2. The minimum atomic E-state index is -0.0538. The van der Waals surface area contributed by atoms with Gasteiger partial charge in [0, 0.05) is 36.1 Å². The van der Waals surface area contributed by atoms with Crippen molar-refractivity contribution in [1.82, 2.24) is 4.90 Å². The van der Waals surface area contributed by atoms with Crippen molar-refractivity contribution in [3.8, 4) is 0 Å². The highest BCUT2D eigenvalue weighted by Gasteiger charge is 2.31. The third-order valence-electron chi connectivity index (χ3n) is 5.61. The van der Waals surface area contributed by atoms with Gasteiger partial charge in [0.15, 0.2) is 0 Å². The SMILES string of the molecule is Cc1c(Cl)cccc1NC(=O)C1CCC(C(=O)N(C)Cc2ccccc2)CC1. The molecule has 4 nitrogen and oxygen atoms in total. The third-order valence-corrected chi connectivity index (χ3v) is 6.02. The number of carbonyl (C=O) groups is 2. The fourth-order valence-corrected chi connectivity index (χ4v) is 4.00. The standard InChI is InChI=1S/C23H27ClN2O2/c1-16-20(24)9-6-10-21(16)25-22(27)18-11-13-19(14-12-18)23(28)26(2)15-17-7-4-3-5-8-17/h3-10,18-19H,11-15H2,1-2H3,(H,25,27). The van der Waals surface area contributed by atoms with Crippen molar-refractivity contribution in [3.63, 3.8) is 0 Å². The minimum Gasteiger partial charge on any atom is -0.341 e. The number of nitrogens with zero attached hydrogens (tertiary/aromatic N) is 1. The fourth-order valence-electron chi connectivity index (χ4n) is 3.83. The molecule has 3 rings (SSSR count). The molecule has 2 aromatic rings. The molecule has 0 heterocycles. The largest absolute Gasteiger partial charge is 0.341 e. The number of anilines is 1. The van der Waals surface area contributed by atoms with Gasteiger partial charge < -0.3 is 10.2 Å². The summed E-state index contributed by atoms with van der Waals surface area (Å²) >= 11 is 6.13. The predicted octanol–water partition coefficient (Wildman–Crippen LogP) is 5.05. The molecule has 1 N–H and O–H groups in total. The lowest BCUT2D eigenvalue weighted by molar-refractivity contribution is -0.137. The van der Waals surface area contributed by atoms with E-state index >= 15 is 0 Å². The predicted molar refractivity (Wildman–Crippen MR) is 113 cm³/mol. The van der Waals surface area contributed by atoms with Crippen LogP contribution in [0.1, 0.15) is 36.8 Å². The molecule has 0 aromatic heterocycles. The van der Waals surface area contributed by atoms with E-state index in [1.54, 1.807) is 4.90 Å². The van der Waals surface area contributed by atoms with Crippen molar-refractivity contribution in [2.45, 2.75) is 39.2 Å². The summed E-state index contributed by atoms with van der Waals surface area (Å²) in [6.07, 6.45) is 2.98. The minimum absolute atomic E-state index is 0.00525. The highest BCUT2D eigenvalue weighted by atomic mass is 35.5. The lowest BCUT2D eigenvalue weighted by atomic mass is 9.81. The monoisotopic (exact) mass is 398 g/mol. The second-order valence-corrected chi connectivity index (χ2v) is 8.04. The summed E-state index contributed by atoms with van der Waals surface area (Å²) < 4.78 is 0.